The summed E-state index contributed by atoms with van der Waals surface area (Å²) in [6, 6.07) is 6.52. The molecule has 1 aromatic carbocycles. The summed E-state index contributed by atoms with van der Waals surface area (Å²) in [5.74, 6) is -1.27. The van der Waals surface area contributed by atoms with E-state index in [0.717, 1.165) is 5.56 Å². The van der Waals surface area contributed by atoms with Crippen LogP contribution in [-0.2, 0) is 4.79 Å². The monoisotopic (exact) mass is 237 g/mol. The average Bonchev–Trinajstić information content (AvgIpc) is 2.28. The summed E-state index contributed by atoms with van der Waals surface area (Å²) in [5.41, 5.74) is 1.17. The largest absolute Gasteiger partial charge is 0.481 e. The number of nitrogens with one attached hydrogen (secondary N) is 1. The van der Waals surface area contributed by atoms with Gasteiger partial charge < -0.3 is 15.5 Å². The Hall–Kier alpha value is -1.88. The molecule has 0 aliphatic carbocycles. The number of carbonyl (C=O) groups excluding carboxylic acids is 1. The number of hydrogen-bond donors (Lipinski definition) is 3. The van der Waals surface area contributed by atoms with E-state index < -0.39 is 12.1 Å². The third-order valence-corrected chi connectivity index (χ3v) is 2.28. The van der Waals surface area contributed by atoms with E-state index in [4.69, 9.17) is 5.11 Å². The van der Waals surface area contributed by atoms with E-state index in [-0.39, 0.29) is 18.9 Å². The maximum atomic E-state index is 11.5. The van der Waals surface area contributed by atoms with E-state index in [2.05, 4.69) is 5.32 Å². The molecule has 0 aromatic heterocycles. The lowest BCUT2D eigenvalue weighted by Gasteiger charge is -2.06. The van der Waals surface area contributed by atoms with Gasteiger partial charge >= 0.3 is 5.97 Å². The van der Waals surface area contributed by atoms with Crippen molar-refractivity contribution in [2.24, 2.45) is 0 Å². The number of amides is 1. The molecule has 0 fully saturated rings. The quantitative estimate of drug-likeness (QED) is 0.711. The van der Waals surface area contributed by atoms with Gasteiger partial charge in [-0.3, -0.25) is 9.59 Å². The number of carboxylic acids is 1. The Kier molecular flexibility index (Phi) is 4.66. The summed E-state index contributed by atoms with van der Waals surface area (Å²) in [6.45, 7) is 1.74. The summed E-state index contributed by atoms with van der Waals surface area (Å²) in [7, 11) is 0. The lowest BCUT2D eigenvalue weighted by atomic mass is 10.1. The van der Waals surface area contributed by atoms with Crippen molar-refractivity contribution in [1.82, 2.24) is 5.32 Å². The van der Waals surface area contributed by atoms with Crippen LogP contribution in [0.2, 0.25) is 0 Å². The number of aliphatic hydroxyl groups excluding tert-OH is 1. The highest BCUT2D eigenvalue weighted by Gasteiger charge is 2.07. The summed E-state index contributed by atoms with van der Waals surface area (Å²) in [4.78, 5) is 21.8. The standard InChI is InChI=1S/C12H15NO4/c1-8(14)9-2-4-10(5-3-9)12(17)13-7-6-11(15)16/h2-5,8,14H,6-7H2,1H3,(H,13,17)(H,15,16). The number of carboxylic acid groups (broad SMARTS) is 1. The van der Waals surface area contributed by atoms with E-state index in [0.29, 0.717) is 5.56 Å². The van der Waals surface area contributed by atoms with Crippen LogP contribution in [0.4, 0.5) is 0 Å². The van der Waals surface area contributed by atoms with Crippen LogP contribution in [0.25, 0.3) is 0 Å². The number of carbonyl (C=O) groups is 2. The zero-order valence-corrected chi connectivity index (χ0v) is 9.51. The molecule has 0 heterocycles. The number of benzene rings is 1. The van der Waals surface area contributed by atoms with Gasteiger partial charge in [0.2, 0.25) is 0 Å². The van der Waals surface area contributed by atoms with Crippen LogP contribution < -0.4 is 5.32 Å². The first kappa shape index (κ1) is 13.2. The first-order valence-corrected chi connectivity index (χ1v) is 5.28. The molecule has 5 heteroatoms. The fourth-order valence-electron chi connectivity index (χ4n) is 1.30. The van der Waals surface area contributed by atoms with Gasteiger partial charge in [-0.25, -0.2) is 0 Å². The SMILES string of the molecule is CC(O)c1ccc(C(=O)NCCC(=O)O)cc1. The van der Waals surface area contributed by atoms with Gasteiger partial charge in [-0.15, -0.1) is 0 Å². The maximum Gasteiger partial charge on any atom is 0.305 e. The molecular formula is C12H15NO4. The molecule has 92 valence electrons. The van der Waals surface area contributed by atoms with Crippen molar-refractivity contribution in [2.45, 2.75) is 19.4 Å². The molecule has 0 saturated carbocycles. The molecule has 0 bridgehead atoms. The van der Waals surface area contributed by atoms with Gasteiger partial charge in [0.1, 0.15) is 0 Å². The molecular weight excluding hydrogens is 222 g/mol. The Morgan fingerprint density at radius 3 is 2.35 bits per heavy atom. The third kappa shape index (κ3) is 4.24. The normalized spacial score (nSPS) is 11.9. The predicted molar refractivity (Wildman–Crippen MR) is 61.7 cm³/mol. The van der Waals surface area contributed by atoms with Gasteiger partial charge in [-0.2, -0.15) is 0 Å². The molecule has 0 spiro atoms. The number of rotatable bonds is 5. The zero-order chi connectivity index (χ0) is 12.8. The van der Waals surface area contributed by atoms with E-state index in [1.807, 2.05) is 0 Å². The minimum atomic E-state index is -0.949. The predicted octanol–water partition coefficient (Wildman–Crippen LogP) is 0.944. The second-order valence-corrected chi connectivity index (χ2v) is 3.70. The van der Waals surface area contributed by atoms with Gasteiger partial charge in [0, 0.05) is 12.1 Å². The molecule has 1 unspecified atom stereocenters. The Bertz CT molecular complexity index is 397. The summed E-state index contributed by atoms with van der Waals surface area (Å²) >= 11 is 0. The molecule has 1 amide bonds. The second-order valence-electron chi connectivity index (χ2n) is 3.70. The molecule has 0 aliphatic rings. The number of aliphatic hydroxyl groups is 1. The van der Waals surface area contributed by atoms with Crippen molar-refractivity contribution < 1.29 is 19.8 Å². The van der Waals surface area contributed by atoms with Crippen LogP contribution in [-0.4, -0.2) is 28.6 Å². The highest BCUT2D eigenvalue weighted by atomic mass is 16.4. The molecule has 1 rings (SSSR count). The van der Waals surface area contributed by atoms with Crippen molar-refractivity contribution >= 4 is 11.9 Å². The highest BCUT2D eigenvalue weighted by Crippen LogP contribution is 2.12. The van der Waals surface area contributed by atoms with Crippen LogP contribution in [0.1, 0.15) is 35.4 Å². The topological polar surface area (TPSA) is 86.6 Å². The summed E-state index contributed by atoms with van der Waals surface area (Å²) in [6.07, 6.45) is -0.670. The van der Waals surface area contributed by atoms with Crippen molar-refractivity contribution in [3.8, 4) is 0 Å². The van der Waals surface area contributed by atoms with E-state index in [9.17, 15) is 14.7 Å². The van der Waals surface area contributed by atoms with Gasteiger partial charge in [0.15, 0.2) is 0 Å². The van der Waals surface area contributed by atoms with Gasteiger partial charge in [-0.05, 0) is 24.6 Å². The first-order chi connectivity index (χ1) is 8.00. The molecule has 0 aliphatic heterocycles. The number of aliphatic carboxylic acids is 1. The minimum Gasteiger partial charge on any atom is -0.481 e. The first-order valence-electron chi connectivity index (χ1n) is 5.28. The lowest BCUT2D eigenvalue weighted by Crippen LogP contribution is -2.25. The van der Waals surface area contributed by atoms with Crippen molar-refractivity contribution in [2.75, 3.05) is 6.54 Å². The Balaban J connectivity index is 2.54. The Labute approximate surface area is 99.1 Å². The Morgan fingerprint density at radius 2 is 1.88 bits per heavy atom. The molecule has 1 atom stereocenters. The highest BCUT2D eigenvalue weighted by molar-refractivity contribution is 5.94. The minimum absolute atomic E-state index is 0.0997. The average molecular weight is 237 g/mol. The fraction of sp³-hybridized carbons (Fsp3) is 0.333. The van der Waals surface area contributed by atoms with Crippen LogP contribution in [0, 0.1) is 0 Å². The fourth-order valence-corrected chi connectivity index (χ4v) is 1.30. The molecule has 1 aromatic rings. The van der Waals surface area contributed by atoms with E-state index in [1.54, 1.807) is 31.2 Å². The summed E-state index contributed by atoms with van der Waals surface area (Å²) < 4.78 is 0. The van der Waals surface area contributed by atoms with Crippen molar-refractivity contribution in [3.05, 3.63) is 35.4 Å². The number of hydrogen-bond acceptors (Lipinski definition) is 3. The van der Waals surface area contributed by atoms with Crippen LogP contribution in [0.3, 0.4) is 0 Å². The smallest absolute Gasteiger partial charge is 0.305 e. The van der Waals surface area contributed by atoms with Crippen LogP contribution in [0.15, 0.2) is 24.3 Å². The molecule has 5 nitrogen and oxygen atoms in total. The van der Waals surface area contributed by atoms with Crippen LogP contribution in [0.5, 0.6) is 0 Å². The zero-order valence-electron chi connectivity index (χ0n) is 9.51. The molecule has 0 radical (unpaired) electrons. The molecule has 0 saturated heterocycles. The molecule has 17 heavy (non-hydrogen) atoms. The third-order valence-electron chi connectivity index (χ3n) is 2.28. The second kappa shape index (κ2) is 6.00. The summed E-state index contributed by atoms with van der Waals surface area (Å²) in [5, 5.41) is 20.2. The Morgan fingerprint density at radius 1 is 1.29 bits per heavy atom. The van der Waals surface area contributed by atoms with Crippen molar-refractivity contribution in [1.29, 1.82) is 0 Å². The van der Waals surface area contributed by atoms with Gasteiger partial charge in [0.25, 0.3) is 5.91 Å². The van der Waals surface area contributed by atoms with Gasteiger partial charge in [-0.1, -0.05) is 12.1 Å². The molecule has 3 N–H and O–H groups in total. The van der Waals surface area contributed by atoms with Gasteiger partial charge in [0.05, 0.1) is 12.5 Å². The van der Waals surface area contributed by atoms with E-state index in [1.165, 1.54) is 0 Å². The maximum absolute atomic E-state index is 11.5. The van der Waals surface area contributed by atoms with Crippen LogP contribution >= 0.6 is 0 Å². The van der Waals surface area contributed by atoms with E-state index >= 15 is 0 Å². The lowest BCUT2D eigenvalue weighted by molar-refractivity contribution is -0.136. The van der Waals surface area contributed by atoms with Crippen molar-refractivity contribution in [3.63, 3.8) is 0 Å².